The Balaban J connectivity index is -0.00000154. The number of nitrogens with zero attached hydrogens (tertiary/aromatic N) is 1. The number of rotatable bonds is 7. The van der Waals surface area contributed by atoms with Crippen molar-refractivity contribution in [2.24, 2.45) is 5.41 Å². The molecule has 0 aliphatic carbocycles. The van der Waals surface area contributed by atoms with E-state index < -0.39 is 23.2 Å². The normalized spacial score (nSPS) is 12.2. The van der Waals surface area contributed by atoms with Crippen LogP contribution in [0, 0.1) is 5.41 Å². The summed E-state index contributed by atoms with van der Waals surface area (Å²) in [5, 5.41) is 2.67. The van der Waals surface area contributed by atoms with Crippen LogP contribution in [0.5, 0.6) is 0 Å². The van der Waals surface area contributed by atoms with Crippen molar-refractivity contribution in [1.29, 1.82) is 0 Å². The van der Waals surface area contributed by atoms with E-state index in [0.717, 1.165) is 0 Å². The van der Waals surface area contributed by atoms with Gasteiger partial charge >= 0.3 is 12.1 Å². The number of nitrogens with one attached hydrogen (secondary N) is 1. The molecule has 0 aromatic heterocycles. The minimum absolute atomic E-state index is 0.239. The minimum atomic E-state index is -0.765. The molecule has 190 valence electrons. The van der Waals surface area contributed by atoms with Gasteiger partial charge in [-0.15, -0.1) is 0 Å². The molecule has 0 aromatic rings. The highest BCUT2D eigenvalue weighted by Crippen LogP contribution is 2.22. The van der Waals surface area contributed by atoms with E-state index in [1.54, 1.807) is 40.8 Å². The summed E-state index contributed by atoms with van der Waals surface area (Å²) in [6.07, 6.45) is 2.81. The van der Waals surface area contributed by atoms with E-state index >= 15 is 0 Å². The first-order valence-corrected chi connectivity index (χ1v) is 11.7. The van der Waals surface area contributed by atoms with Gasteiger partial charge in [0.25, 0.3) is 0 Å². The number of ether oxygens (including phenoxy) is 2. The summed E-state index contributed by atoms with van der Waals surface area (Å²) < 4.78 is 10.3. The number of carbonyl (C=O) groups is 3. The summed E-state index contributed by atoms with van der Waals surface area (Å²) in [6.45, 7) is 23.3. The van der Waals surface area contributed by atoms with Crippen LogP contribution in [0.3, 0.4) is 0 Å². The summed E-state index contributed by atoms with van der Waals surface area (Å²) >= 11 is 0. The maximum Gasteiger partial charge on any atom is 0.408 e. The number of esters is 1. The Morgan fingerprint density at radius 1 is 0.969 bits per heavy atom. The molecule has 0 aliphatic heterocycles. The molecule has 7 nitrogen and oxygen atoms in total. The maximum absolute atomic E-state index is 12.9. The van der Waals surface area contributed by atoms with E-state index in [1.165, 1.54) is 11.3 Å². The zero-order valence-corrected chi connectivity index (χ0v) is 23.0. The Hall–Kier alpha value is -2.05. The molecule has 1 unspecified atom stereocenters. The number of alkyl carbamates (subject to hydrolysis) is 1. The molecule has 0 bridgehead atoms. The lowest BCUT2D eigenvalue weighted by molar-refractivity contribution is -0.139. The Kier molecular flexibility index (Phi) is 18.9. The zero-order chi connectivity index (χ0) is 26.1. The van der Waals surface area contributed by atoms with Crippen LogP contribution in [0.25, 0.3) is 0 Å². The molecule has 0 fully saturated rings. The molecule has 7 heteroatoms. The van der Waals surface area contributed by atoms with E-state index in [1.807, 2.05) is 41.5 Å². The molecule has 0 radical (unpaired) electrons. The molecule has 0 aliphatic rings. The predicted octanol–water partition coefficient (Wildman–Crippen LogP) is 5.73. The lowest BCUT2D eigenvalue weighted by Gasteiger charge is -2.33. The Labute approximate surface area is 197 Å². The average molecular weight is 459 g/mol. The van der Waals surface area contributed by atoms with Crippen LogP contribution >= 0.6 is 0 Å². The number of hydrogen-bond acceptors (Lipinski definition) is 5. The maximum atomic E-state index is 12.9. The van der Waals surface area contributed by atoms with E-state index in [2.05, 4.69) is 19.2 Å². The van der Waals surface area contributed by atoms with Gasteiger partial charge in [0.1, 0.15) is 11.6 Å². The van der Waals surface area contributed by atoms with Crippen LogP contribution in [0.2, 0.25) is 0 Å². The molecule has 32 heavy (non-hydrogen) atoms. The topological polar surface area (TPSA) is 84.9 Å². The van der Waals surface area contributed by atoms with Crippen molar-refractivity contribution in [3.63, 3.8) is 0 Å². The van der Waals surface area contributed by atoms with Gasteiger partial charge in [-0.3, -0.25) is 4.79 Å². The first-order valence-electron chi connectivity index (χ1n) is 11.7. The third kappa shape index (κ3) is 16.6. The molecule has 0 aromatic carbocycles. The minimum Gasteiger partial charge on any atom is -0.463 e. The fourth-order valence-electron chi connectivity index (χ4n) is 2.23. The second kappa shape index (κ2) is 17.5. The van der Waals surface area contributed by atoms with Crippen molar-refractivity contribution in [1.82, 2.24) is 10.2 Å². The van der Waals surface area contributed by atoms with Crippen molar-refractivity contribution in [2.45, 2.75) is 108 Å². The SMILES string of the molecule is CC.CCC.CCOC(=O)/C(=C/CN(C)C(=O)C(NC(=O)OC(C)(C)C)C(C)(C)C)CC. The van der Waals surface area contributed by atoms with E-state index in [9.17, 15) is 14.4 Å². The quantitative estimate of drug-likeness (QED) is 0.389. The summed E-state index contributed by atoms with van der Waals surface area (Å²) in [5.41, 5.74) is -0.649. The van der Waals surface area contributed by atoms with Gasteiger partial charge in [0.05, 0.1) is 6.61 Å². The van der Waals surface area contributed by atoms with Gasteiger partial charge in [-0.05, 0) is 39.5 Å². The van der Waals surface area contributed by atoms with Gasteiger partial charge in [0, 0.05) is 19.2 Å². The summed E-state index contributed by atoms with van der Waals surface area (Å²) in [6, 6.07) is -0.765. The number of carbonyl (C=O) groups excluding carboxylic acids is 3. The van der Waals surface area contributed by atoms with Crippen LogP contribution in [0.15, 0.2) is 11.6 Å². The van der Waals surface area contributed by atoms with Crippen molar-refractivity contribution in [3.05, 3.63) is 11.6 Å². The first kappa shape index (κ1) is 34.6. The molecule has 0 saturated carbocycles. The molecular formula is C25H50N2O5. The van der Waals surface area contributed by atoms with E-state index in [4.69, 9.17) is 9.47 Å². The standard InChI is InChI=1S/C20H36N2O5.C3H8.C2H6/c1-10-14(17(24)26-11-2)12-13-22(9)16(23)15(19(3,4)5)21-18(25)27-20(6,7)8;1-3-2;1-2/h12,15H,10-11,13H2,1-9H3,(H,21,25);3H2,1-2H3;1-2H3/b14-12+;;. The number of hydrogen-bond donors (Lipinski definition) is 1. The number of amides is 2. The van der Waals surface area contributed by atoms with Crippen molar-refractivity contribution >= 4 is 18.0 Å². The molecular weight excluding hydrogens is 408 g/mol. The van der Waals surface area contributed by atoms with Crippen molar-refractivity contribution in [2.75, 3.05) is 20.2 Å². The Morgan fingerprint density at radius 2 is 1.44 bits per heavy atom. The van der Waals surface area contributed by atoms with Gasteiger partial charge in [-0.25, -0.2) is 9.59 Å². The zero-order valence-electron chi connectivity index (χ0n) is 23.0. The second-order valence-corrected chi connectivity index (χ2v) is 9.17. The predicted molar refractivity (Wildman–Crippen MR) is 133 cm³/mol. The fourth-order valence-corrected chi connectivity index (χ4v) is 2.23. The molecule has 1 atom stereocenters. The smallest absolute Gasteiger partial charge is 0.408 e. The molecule has 0 rings (SSSR count). The van der Waals surface area contributed by atoms with Gasteiger partial charge in [-0.2, -0.15) is 0 Å². The van der Waals surface area contributed by atoms with E-state index in [0.29, 0.717) is 18.6 Å². The van der Waals surface area contributed by atoms with Crippen molar-refractivity contribution < 1.29 is 23.9 Å². The molecule has 1 N–H and O–H groups in total. The lowest BCUT2D eigenvalue weighted by Crippen LogP contribution is -2.54. The Morgan fingerprint density at radius 3 is 1.78 bits per heavy atom. The van der Waals surface area contributed by atoms with Gasteiger partial charge < -0.3 is 19.7 Å². The third-order valence-corrected chi connectivity index (χ3v) is 3.68. The van der Waals surface area contributed by atoms with Gasteiger partial charge in [-0.1, -0.05) is 67.9 Å². The van der Waals surface area contributed by atoms with Crippen LogP contribution in [0.1, 0.15) is 95.9 Å². The van der Waals surface area contributed by atoms with Crippen molar-refractivity contribution in [3.8, 4) is 0 Å². The highest BCUT2D eigenvalue weighted by Gasteiger charge is 2.35. The molecule has 0 spiro atoms. The summed E-state index contributed by atoms with van der Waals surface area (Å²) in [7, 11) is 1.63. The van der Waals surface area contributed by atoms with Crippen LogP contribution < -0.4 is 5.32 Å². The van der Waals surface area contributed by atoms with E-state index in [-0.39, 0.29) is 18.4 Å². The third-order valence-electron chi connectivity index (χ3n) is 3.68. The Bertz CT molecular complexity index is 572. The second-order valence-electron chi connectivity index (χ2n) is 9.17. The molecule has 2 amide bonds. The lowest BCUT2D eigenvalue weighted by atomic mass is 9.86. The molecule has 0 heterocycles. The van der Waals surface area contributed by atoms with Crippen LogP contribution in [0.4, 0.5) is 4.79 Å². The van der Waals surface area contributed by atoms with Crippen LogP contribution in [-0.4, -0.2) is 54.7 Å². The van der Waals surface area contributed by atoms with Crippen LogP contribution in [-0.2, 0) is 19.1 Å². The highest BCUT2D eigenvalue weighted by molar-refractivity contribution is 5.89. The summed E-state index contributed by atoms with van der Waals surface area (Å²) in [4.78, 5) is 38.4. The monoisotopic (exact) mass is 458 g/mol. The molecule has 0 saturated heterocycles. The summed E-state index contributed by atoms with van der Waals surface area (Å²) in [5.74, 6) is -0.635. The average Bonchev–Trinajstić information content (AvgIpc) is 2.66. The van der Waals surface area contributed by atoms with Gasteiger partial charge in [0.2, 0.25) is 5.91 Å². The largest absolute Gasteiger partial charge is 0.463 e. The number of likely N-dealkylation sites (N-methyl/N-ethyl adjacent to an activating group) is 1. The van der Waals surface area contributed by atoms with Gasteiger partial charge in [0.15, 0.2) is 0 Å². The first-order chi connectivity index (χ1) is 14.6. The fraction of sp³-hybridized carbons (Fsp3) is 0.800. The highest BCUT2D eigenvalue weighted by atomic mass is 16.6.